The highest BCUT2D eigenvalue weighted by atomic mass is 35.5. The fourth-order valence-electron chi connectivity index (χ4n) is 3.20. The molecule has 1 N–H and O–H groups in total. The van der Waals surface area contributed by atoms with Gasteiger partial charge < -0.3 is 5.32 Å². The molecule has 9 nitrogen and oxygen atoms in total. The largest absolute Gasteiger partial charge is 0.349 e. The Morgan fingerprint density at radius 2 is 1.67 bits per heavy atom. The number of carbonyl (C=O) groups is 3. The van der Waals surface area contributed by atoms with Crippen LogP contribution in [0.25, 0.3) is 5.69 Å². The Hall–Kier alpha value is -3.59. The van der Waals surface area contributed by atoms with E-state index in [0.29, 0.717) is 28.4 Å². The van der Waals surface area contributed by atoms with Crippen molar-refractivity contribution in [3.63, 3.8) is 0 Å². The van der Waals surface area contributed by atoms with Gasteiger partial charge in [-0.3, -0.25) is 19.3 Å². The van der Waals surface area contributed by atoms with E-state index in [1.165, 1.54) is 9.58 Å². The van der Waals surface area contributed by atoms with Gasteiger partial charge in [0.05, 0.1) is 23.4 Å². The third-order valence-electron chi connectivity index (χ3n) is 4.71. The number of fused-ring (bicyclic) bond motifs is 1. The normalized spacial score (nSPS) is 12.9. The van der Waals surface area contributed by atoms with Gasteiger partial charge in [0.25, 0.3) is 11.8 Å². The summed E-state index contributed by atoms with van der Waals surface area (Å²) >= 11 is 5.89. The van der Waals surface area contributed by atoms with Crippen molar-refractivity contribution in [1.82, 2.24) is 30.4 Å². The van der Waals surface area contributed by atoms with Gasteiger partial charge in [-0.15, -0.1) is 5.10 Å². The highest BCUT2D eigenvalue weighted by Crippen LogP contribution is 2.22. The molecule has 0 atom stereocenters. The molecule has 152 valence electrons. The van der Waals surface area contributed by atoms with Crippen molar-refractivity contribution in [2.24, 2.45) is 0 Å². The minimum absolute atomic E-state index is 0.140. The molecule has 2 aromatic carbocycles. The third kappa shape index (κ3) is 3.92. The molecule has 3 aromatic rings. The molecule has 1 aromatic heterocycles. The zero-order valence-electron chi connectivity index (χ0n) is 15.8. The number of aromatic nitrogens is 4. The van der Waals surface area contributed by atoms with Crippen LogP contribution in [-0.4, -0.2) is 49.4 Å². The first-order valence-corrected chi connectivity index (χ1v) is 9.67. The second kappa shape index (κ2) is 8.42. The van der Waals surface area contributed by atoms with Gasteiger partial charge in [-0.05, 0) is 53.2 Å². The van der Waals surface area contributed by atoms with E-state index in [4.69, 9.17) is 11.6 Å². The van der Waals surface area contributed by atoms with E-state index in [0.717, 1.165) is 5.69 Å². The topological polar surface area (TPSA) is 110 Å². The van der Waals surface area contributed by atoms with E-state index in [2.05, 4.69) is 20.8 Å². The molecule has 2 heterocycles. The summed E-state index contributed by atoms with van der Waals surface area (Å²) in [6.45, 7) is 0.323. The molecule has 0 bridgehead atoms. The first-order chi connectivity index (χ1) is 14.5. The summed E-state index contributed by atoms with van der Waals surface area (Å²) in [6, 6.07) is 13.7. The number of nitrogens with zero attached hydrogens (tertiary/aromatic N) is 5. The number of imide groups is 1. The molecule has 1 aliphatic rings. The SMILES string of the molecule is O=C(CCCN1C(=O)c2ccccc2C1=O)NCc1nnnn1-c1ccc(Cl)cc1. The average Bonchev–Trinajstić information content (AvgIpc) is 3.32. The minimum atomic E-state index is -0.321. The van der Waals surface area contributed by atoms with Crippen molar-refractivity contribution in [3.8, 4) is 5.69 Å². The summed E-state index contributed by atoms with van der Waals surface area (Å²) < 4.78 is 1.51. The molecule has 4 rings (SSSR count). The molecule has 10 heteroatoms. The summed E-state index contributed by atoms with van der Waals surface area (Å²) in [5.74, 6) is -0.403. The van der Waals surface area contributed by atoms with Crippen molar-refractivity contribution in [2.75, 3.05) is 6.54 Å². The number of tetrazole rings is 1. The predicted octanol–water partition coefficient (Wildman–Crippen LogP) is 2.01. The average molecular weight is 425 g/mol. The van der Waals surface area contributed by atoms with Gasteiger partial charge in [-0.25, -0.2) is 0 Å². The monoisotopic (exact) mass is 424 g/mol. The Kier molecular flexibility index (Phi) is 5.53. The molecule has 1 aliphatic heterocycles. The number of amides is 3. The van der Waals surface area contributed by atoms with E-state index in [1.54, 1.807) is 48.5 Å². The highest BCUT2D eigenvalue weighted by molar-refractivity contribution is 6.30. The van der Waals surface area contributed by atoms with Crippen LogP contribution in [0.5, 0.6) is 0 Å². The molecule has 0 saturated carbocycles. The van der Waals surface area contributed by atoms with E-state index in [1.807, 2.05) is 0 Å². The Labute approximate surface area is 176 Å². The number of rotatable bonds is 7. The molecule has 0 fully saturated rings. The molecule has 0 saturated heterocycles. The second-order valence-corrected chi connectivity index (χ2v) is 7.11. The number of hydrogen-bond donors (Lipinski definition) is 1. The minimum Gasteiger partial charge on any atom is -0.349 e. The zero-order chi connectivity index (χ0) is 21.1. The lowest BCUT2D eigenvalue weighted by molar-refractivity contribution is -0.121. The first-order valence-electron chi connectivity index (χ1n) is 9.29. The third-order valence-corrected chi connectivity index (χ3v) is 4.96. The molecule has 30 heavy (non-hydrogen) atoms. The number of hydrogen-bond acceptors (Lipinski definition) is 6. The van der Waals surface area contributed by atoms with Crippen molar-refractivity contribution in [2.45, 2.75) is 19.4 Å². The fraction of sp³-hybridized carbons (Fsp3) is 0.200. The maximum absolute atomic E-state index is 12.3. The summed E-state index contributed by atoms with van der Waals surface area (Å²) in [4.78, 5) is 38.0. The van der Waals surface area contributed by atoms with E-state index < -0.39 is 0 Å². The fourth-order valence-corrected chi connectivity index (χ4v) is 3.33. The number of nitrogens with one attached hydrogen (secondary N) is 1. The molecule has 3 amide bonds. The van der Waals surface area contributed by atoms with Gasteiger partial charge in [0, 0.05) is 18.0 Å². The van der Waals surface area contributed by atoms with Crippen LogP contribution in [0.2, 0.25) is 5.02 Å². The lowest BCUT2D eigenvalue weighted by Gasteiger charge is -2.13. The first kappa shape index (κ1) is 19.7. The maximum Gasteiger partial charge on any atom is 0.261 e. The lowest BCUT2D eigenvalue weighted by Crippen LogP contribution is -2.32. The van der Waals surface area contributed by atoms with Crippen LogP contribution in [0.4, 0.5) is 0 Å². The molecular formula is C20H17ClN6O3. The Balaban J connectivity index is 1.28. The van der Waals surface area contributed by atoms with Crippen LogP contribution in [0.1, 0.15) is 39.4 Å². The summed E-state index contributed by atoms with van der Waals surface area (Å²) in [7, 11) is 0. The predicted molar refractivity (Wildman–Crippen MR) is 107 cm³/mol. The van der Waals surface area contributed by atoms with E-state index in [9.17, 15) is 14.4 Å². The Morgan fingerprint density at radius 3 is 2.33 bits per heavy atom. The lowest BCUT2D eigenvalue weighted by atomic mass is 10.1. The van der Waals surface area contributed by atoms with E-state index >= 15 is 0 Å². The molecule has 0 unspecified atom stereocenters. The van der Waals surface area contributed by atoms with Crippen molar-refractivity contribution < 1.29 is 14.4 Å². The van der Waals surface area contributed by atoms with Crippen molar-refractivity contribution in [1.29, 1.82) is 0 Å². The summed E-state index contributed by atoms with van der Waals surface area (Å²) in [6.07, 6.45) is 0.523. The van der Waals surface area contributed by atoms with Crippen molar-refractivity contribution in [3.05, 3.63) is 70.5 Å². The smallest absolute Gasteiger partial charge is 0.261 e. The zero-order valence-corrected chi connectivity index (χ0v) is 16.5. The van der Waals surface area contributed by atoms with Crippen LogP contribution < -0.4 is 5.32 Å². The van der Waals surface area contributed by atoms with Gasteiger partial charge >= 0.3 is 0 Å². The molecule has 0 aliphatic carbocycles. The molecule has 0 spiro atoms. The Morgan fingerprint density at radius 1 is 1.00 bits per heavy atom. The van der Waals surface area contributed by atoms with Crippen LogP contribution in [0.3, 0.4) is 0 Å². The molecule has 0 radical (unpaired) electrons. The van der Waals surface area contributed by atoms with Gasteiger partial charge in [-0.2, -0.15) is 4.68 Å². The second-order valence-electron chi connectivity index (χ2n) is 6.67. The van der Waals surface area contributed by atoms with Crippen LogP contribution in [-0.2, 0) is 11.3 Å². The number of benzene rings is 2. The van der Waals surface area contributed by atoms with Gasteiger partial charge in [-0.1, -0.05) is 23.7 Å². The van der Waals surface area contributed by atoms with Gasteiger partial charge in [0.1, 0.15) is 0 Å². The van der Waals surface area contributed by atoms with Crippen LogP contribution in [0.15, 0.2) is 48.5 Å². The molecular weight excluding hydrogens is 408 g/mol. The maximum atomic E-state index is 12.3. The van der Waals surface area contributed by atoms with Gasteiger partial charge in [0.2, 0.25) is 5.91 Å². The van der Waals surface area contributed by atoms with Crippen LogP contribution >= 0.6 is 11.6 Å². The standard InChI is InChI=1S/C20H17ClN6O3/c21-13-7-9-14(10-8-13)27-17(23-24-25-27)12-22-18(28)6-3-11-26-19(29)15-4-1-2-5-16(15)20(26)30/h1-2,4-5,7-10H,3,6,11-12H2,(H,22,28). The number of halogens is 1. The van der Waals surface area contributed by atoms with Crippen molar-refractivity contribution >= 4 is 29.3 Å². The Bertz CT molecular complexity index is 1080. The summed E-state index contributed by atoms with van der Waals surface area (Å²) in [5.41, 5.74) is 1.53. The van der Waals surface area contributed by atoms with Crippen LogP contribution in [0, 0.1) is 0 Å². The quantitative estimate of drug-likeness (QED) is 0.581. The number of carbonyl (C=O) groups excluding carboxylic acids is 3. The summed E-state index contributed by atoms with van der Waals surface area (Å²) in [5, 5.41) is 14.9. The van der Waals surface area contributed by atoms with Gasteiger partial charge in [0.15, 0.2) is 5.82 Å². The highest BCUT2D eigenvalue weighted by Gasteiger charge is 2.34. The van der Waals surface area contributed by atoms with E-state index in [-0.39, 0.29) is 37.2 Å².